The molecule has 1 aromatic carbocycles. The minimum Gasteiger partial charge on any atom is -0.383 e. The van der Waals surface area contributed by atoms with Crippen LogP contribution in [0.4, 0.5) is 10.2 Å². The Hall–Kier alpha value is -1.62. The third kappa shape index (κ3) is 2.06. The number of nitrogens with zero attached hydrogens (tertiary/aromatic N) is 2. The fourth-order valence-corrected chi connectivity index (χ4v) is 3.07. The van der Waals surface area contributed by atoms with Gasteiger partial charge in [-0.1, -0.05) is 18.2 Å². The van der Waals surface area contributed by atoms with Crippen LogP contribution in [-0.2, 0) is 17.9 Å². The summed E-state index contributed by atoms with van der Waals surface area (Å²) >= 11 is 1.78. The van der Waals surface area contributed by atoms with Crippen molar-refractivity contribution in [1.29, 1.82) is 0 Å². The topological polar surface area (TPSA) is 51.8 Å². The minimum absolute atomic E-state index is 0.227. The maximum Gasteiger partial charge on any atom is 0.135 e. The lowest BCUT2D eigenvalue weighted by Crippen LogP contribution is -2.06. The second-order valence-corrected chi connectivity index (χ2v) is 5.20. The van der Waals surface area contributed by atoms with Gasteiger partial charge >= 0.3 is 0 Å². The van der Waals surface area contributed by atoms with Crippen LogP contribution in [0.2, 0.25) is 0 Å². The van der Waals surface area contributed by atoms with E-state index in [1.54, 1.807) is 23.9 Å². The number of aromatic nitrogens is 2. The molecule has 2 heterocycles. The van der Waals surface area contributed by atoms with Gasteiger partial charge in [0.05, 0.1) is 5.69 Å². The highest BCUT2D eigenvalue weighted by molar-refractivity contribution is 7.98. The van der Waals surface area contributed by atoms with Gasteiger partial charge in [0.2, 0.25) is 0 Å². The molecule has 1 aliphatic rings. The molecule has 92 valence electrons. The molecule has 2 N–H and O–H groups in total. The monoisotopic (exact) mass is 261 g/mol. The number of anilines is 1. The van der Waals surface area contributed by atoms with E-state index in [9.17, 15) is 4.39 Å². The molecule has 0 amide bonds. The summed E-state index contributed by atoms with van der Waals surface area (Å²) in [6, 6.07) is 6.68. The lowest BCUT2D eigenvalue weighted by molar-refractivity contribution is 0.612. The molecule has 0 fully saturated rings. The Bertz CT molecular complexity index is 601. The fraction of sp³-hybridized carbons (Fsp3) is 0.231. The van der Waals surface area contributed by atoms with E-state index in [0.29, 0.717) is 23.6 Å². The van der Waals surface area contributed by atoms with Crippen LogP contribution in [-0.4, -0.2) is 9.97 Å². The molecule has 0 spiro atoms. The lowest BCUT2D eigenvalue weighted by Gasteiger charge is -2.06. The van der Waals surface area contributed by atoms with Gasteiger partial charge in [0.15, 0.2) is 0 Å². The number of fused-ring (bicyclic) bond motifs is 1. The van der Waals surface area contributed by atoms with E-state index in [1.165, 1.54) is 6.07 Å². The number of hydrogen-bond donors (Lipinski definition) is 1. The summed E-state index contributed by atoms with van der Waals surface area (Å²) in [5.41, 5.74) is 8.54. The molecular formula is C13H12FN3S. The summed E-state index contributed by atoms with van der Waals surface area (Å²) in [6.07, 6.45) is 0.384. The van der Waals surface area contributed by atoms with E-state index >= 15 is 0 Å². The van der Waals surface area contributed by atoms with Gasteiger partial charge in [0, 0.05) is 23.5 Å². The van der Waals surface area contributed by atoms with Crippen LogP contribution < -0.4 is 5.73 Å². The smallest absolute Gasteiger partial charge is 0.135 e. The van der Waals surface area contributed by atoms with Crippen LogP contribution >= 0.6 is 11.8 Å². The standard InChI is InChI=1S/C13H12FN3S/c14-10-4-2-1-3-8(10)5-12-16-11-7-18-6-9(11)13(15)17-12/h1-4H,5-7H2,(H2,15,16,17). The highest BCUT2D eigenvalue weighted by Gasteiger charge is 2.18. The third-order valence-electron chi connectivity index (χ3n) is 2.96. The van der Waals surface area contributed by atoms with Gasteiger partial charge < -0.3 is 5.73 Å². The molecule has 3 rings (SSSR count). The molecule has 0 aliphatic carbocycles. The van der Waals surface area contributed by atoms with Crippen molar-refractivity contribution in [2.24, 2.45) is 0 Å². The van der Waals surface area contributed by atoms with Gasteiger partial charge in [0.1, 0.15) is 17.5 Å². The molecule has 5 heteroatoms. The van der Waals surface area contributed by atoms with Crippen molar-refractivity contribution >= 4 is 17.6 Å². The third-order valence-corrected chi connectivity index (χ3v) is 3.93. The first kappa shape index (κ1) is 11.5. The molecule has 0 radical (unpaired) electrons. The summed E-state index contributed by atoms with van der Waals surface area (Å²) in [7, 11) is 0. The van der Waals surface area contributed by atoms with Crippen molar-refractivity contribution in [3.63, 3.8) is 0 Å². The average Bonchev–Trinajstić information content (AvgIpc) is 2.81. The second-order valence-electron chi connectivity index (χ2n) is 4.21. The Morgan fingerprint density at radius 1 is 1.22 bits per heavy atom. The Kier molecular flexibility index (Phi) is 2.91. The van der Waals surface area contributed by atoms with Gasteiger partial charge in [-0.15, -0.1) is 0 Å². The van der Waals surface area contributed by atoms with Crippen molar-refractivity contribution in [1.82, 2.24) is 9.97 Å². The van der Waals surface area contributed by atoms with Crippen LogP contribution in [0.3, 0.4) is 0 Å². The first-order valence-corrected chi connectivity index (χ1v) is 6.85. The van der Waals surface area contributed by atoms with Crippen LogP contribution in [0.5, 0.6) is 0 Å². The predicted octanol–water partition coefficient (Wildman–Crippen LogP) is 2.54. The van der Waals surface area contributed by atoms with Crippen LogP contribution in [0.15, 0.2) is 24.3 Å². The molecule has 1 aromatic heterocycles. The van der Waals surface area contributed by atoms with Gasteiger partial charge in [-0.05, 0) is 11.6 Å². The van der Waals surface area contributed by atoms with Crippen molar-refractivity contribution in [3.05, 3.63) is 52.7 Å². The van der Waals surface area contributed by atoms with Gasteiger partial charge in [-0.25, -0.2) is 14.4 Å². The first-order chi connectivity index (χ1) is 8.74. The normalized spacial score (nSPS) is 13.6. The van der Waals surface area contributed by atoms with Crippen LogP contribution in [0.1, 0.15) is 22.6 Å². The minimum atomic E-state index is -0.227. The molecule has 2 aromatic rings. The molecule has 0 bridgehead atoms. The van der Waals surface area contributed by atoms with E-state index in [4.69, 9.17) is 5.73 Å². The van der Waals surface area contributed by atoms with E-state index < -0.39 is 0 Å². The molecule has 3 nitrogen and oxygen atoms in total. The molecule has 0 saturated heterocycles. The number of benzene rings is 1. The maximum absolute atomic E-state index is 13.6. The Balaban J connectivity index is 1.95. The summed E-state index contributed by atoms with van der Waals surface area (Å²) in [5.74, 6) is 2.65. The number of nitrogen functional groups attached to an aromatic ring is 1. The lowest BCUT2D eigenvalue weighted by atomic mass is 10.1. The van der Waals surface area contributed by atoms with Gasteiger partial charge in [0.25, 0.3) is 0 Å². The highest BCUT2D eigenvalue weighted by atomic mass is 32.2. The summed E-state index contributed by atoms with van der Waals surface area (Å²) < 4.78 is 13.6. The second kappa shape index (κ2) is 4.57. The van der Waals surface area contributed by atoms with E-state index in [0.717, 1.165) is 22.8 Å². The van der Waals surface area contributed by atoms with Crippen LogP contribution in [0.25, 0.3) is 0 Å². The fourth-order valence-electron chi connectivity index (χ4n) is 2.02. The van der Waals surface area contributed by atoms with Gasteiger partial charge in [-0.3, -0.25) is 0 Å². The summed E-state index contributed by atoms with van der Waals surface area (Å²) in [4.78, 5) is 8.74. The SMILES string of the molecule is Nc1nc(Cc2ccccc2F)nc2c1CSC2. The van der Waals surface area contributed by atoms with Crippen molar-refractivity contribution in [2.45, 2.75) is 17.9 Å². The molecule has 0 atom stereocenters. The van der Waals surface area contributed by atoms with E-state index in [2.05, 4.69) is 9.97 Å². The number of hydrogen-bond acceptors (Lipinski definition) is 4. The van der Waals surface area contributed by atoms with Gasteiger partial charge in [-0.2, -0.15) is 11.8 Å². The average molecular weight is 261 g/mol. The molecule has 18 heavy (non-hydrogen) atoms. The van der Waals surface area contributed by atoms with E-state index in [-0.39, 0.29) is 5.82 Å². The van der Waals surface area contributed by atoms with E-state index in [1.807, 2.05) is 6.07 Å². The quantitative estimate of drug-likeness (QED) is 0.902. The number of rotatable bonds is 2. The molecule has 0 unspecified atom stereocenters. The first-order valence-electron chi connectivity index (χ1n) is 5.69. The summed E-state index contributed by atoms with van der Waals surface area (Å²) in [6.45, 7) is 0. The zero-order valence-corrected chi connectivity index (χ0v) is 10.5. The molecule has 1 aliphatic heterocycles. The highest BCUT2D eigenvalue weighted by Crippen LogP contribution is 2.31. The zero-order valence-electron chi connectivity index (χ0n) is 9.69. The van der Waals surface area contributed by atoms with Crippen molar-refractivity contribution < 1.29 is 4.39 Å². The Labute approximate surface area is 109 Å². The number of nitrogens with two attached hydrogens (primary N) is 1. The predicted molar refractivity (Wildman–Crippen MR) is 70.6 cm³/mol. The van der Waals surface area contributed by atoms with Crippen molar-refractivity contribution in [3.8, 4) is 0 Å². The number of halogens is 1. The molecular weight excluding hydrogens is 249 g/mol. The number of thioether (sulfide) groups is 1. The largest absolute Gasteiger partial charge is 0.383 e. The maximum atomic E-state index is 13.6. The van der Waals surface area contributed by atoms with Crippen molar-refractivity contribution in [2.75, 3.05) is 5.73 Å². The Morgan fingerprint density at radius 3 is 2.89 bits per heavy atom. The Morgan fingerprint density at radius 2 is 2.06 bits per heavy atom. The molecule has 0 saturated carbocycles. The summed E-state index contributed by atoms with van der Waals surface area (Å²) in [5, 5.41) is 0. The van der Waals surface area contributed by atoms with Crippen LogP contribution in [0, 0.1) is 5.82 Å². The zero-order chi connectivity index (χ0) is 12.5.